The minimum absolute atomic E-state index is 0.0745. The fraction of sp³-hybridized carbons (Fsp3) is 0.150. The van der Waals surface area contributed by atoms with E-state index in [4.69, 9.17) is 9.47 Å². The lowest BCUT2D eigenvalue weighted by molar-refractivity contribution is -0.384. The van der Waals surface area contributed by atoms with E-state index in [0.717, 1.165) is 20.5 Å². The number of nitro benzene ring substituents is 1. The molecule has 0 aliphatic carbocycles. The van der Waals surface area contributed by atoms with Crippen LogP contribution in [0.25, 0.3) is 24.8 Å². The highest BCUT2D eigenvalue weighted by molar-refractivity contribution is 7.10. The van der Waals surface area contributed by atoms with E-state index in [0.29, 0.717) is 11.5 Å². The van der Waals surface area contributed by atoms with E-state index in [-0.39, 0.29) is 5.69 Å². The maximum atomic E-state index is 10.6. The molecular weight excluding hydrogens is 364 g/mol. The predicted molar refractivity (Wildman–Crippen MR) is 109 cm³/mol. The normalized spacial score (nSPS) is 13.2. The molecule has 140 valence electrons. The maximum Gasteiger partial charge on any atom is 0.269 e. The number of hydrogen-bond acceptors (Lipinski definition) is 6. The Morgan fingerprint density at radius 3 is 2.44 bits per heavy atom. The SMILES string of the molecule is C=c1sc(/C=C/C=C/c2ccc([N+](=O)[O-])cc2)n/c1=C/C(OC)=C(\C)OC. The number of nitro groups is 1. The van der Waals surface area contributed by atoms with Crippen LogP contribution in [0, 0.1) is 10.1 Å². The van der Waals surface area contributed by atoms with Gasteiger partial charge in [-0.2, -0.15) is 0 Å². The van der Waals surface area contributed by atoms with Crippen LogP contribution in [-0.2, 0) is 9.47 Å². The zero-order valence-corrected chi connectivity index (χ0v) is 16.2. The Morgan fingerprint density at radius 1 is 1.19 bits per heavy atom. The molecule has 1 aromatic carbocycles. The van der Waals surface area contributed by atoms with Gasteiger partial charge in [0, 0.05) is 22.7 Å². The molecule has 1 heterocycles. The summed E-state index contributed by atoms with van der Waals surface area (Å²) >= 11 is 1.47. The number of thiazole rings is 1. The van der Waals surface area contributed by atoms with Crippen molar-refractivity contribution < 1.29 is 14.4 Å². The van der Waals surface area contributed by atoms with Gasteiger partial charge in [0.15, 0.2) is 5.76 Å². The second-order valence-corrected chi connectivity index (χ2v) is 6.52. The molecule has 0 N–H and O–H groups in total. The summed E-state index contributed by atoms with van der Waals surface area (Å²) in [5.41, 5.74) is 0.951. The van der Waals surface area contributed by atoms with Crippen molar-refractivity contribution in [3.63, 3.8) is 0 Å². The van der Waals surface area contributed by atoms with Crippen molar-refractivity contribution in [3.8, 4) is 0 Å². The largest absolute Gasteiger partial charge is 0.498 e. The molecule has 0 aliphatic rings. The predicted octanol–water partition coefficient (Wildman–Crippen LogP) is 3.49. The molecule has 0 saturated carbocycles. The van der Waals surface area contributed by atoms with Gasteiger partial charge in [-0.25, -0.2) is 4.98 Å². The number of benzene rings is 1. The monoisotopic (exact) mass is 384 g/mol. The summed E-state index contributed by atoms with van der Waals surface area (Å²) in [6.45, 7) is 5.82. The average molecular weight is 384 g/mol. The zero-order chi connectivity index (χ0) is 19.8. The molecule has 0 unspecified atom stereocenters. The molecule has 0 aliphatic heterocycles. The van der Waals surface area contributed by atoms with Crippen molar-refractivity contribution in [2.75, 3.05) is 14.2 Å². The van der Waals surface area contributed by atoms with Gasteiger partial charge in [0.2, 0.25) is 0 Å². The fourth-order valence-corrected chi connectivity index (χ4v) is 2.86. The summed E-state index contributed by atoms with van der Waals surface area (Å²) in [5.74, 6) is 1.26. The van der Waals surface area contributed by atoms with Gasteiger partial charge < -0.3 is 9.47 Å². The first-order chi connectivity index (χ1) is 12.9. The van der Waals surface area contributed by atoms with E-state index in [1.165, 1.54) is 23.5 Å². The third kappa shape index (κ3) is 5.65. The quantitative estimate of drug-likeness (QED) is 0.316. The fourth-order valence-electron chi connectivity index (χ4n) is 2.11. The summed E-state index contributed by atoms with van der Waals surface area (Å²) in [6, 6.07) is 6.35. The summed E-state index contributed by atoms with van der Waals surface area (Å²) in [7, 11) is 3.16. The van der Waals surface area contributed by atoms with Crippen LogP contribution in [-0.4, -0.2) is 24.1 Å². The molecule has 0 radical (unpaired) electrons. The summed E-state index contributed by atoms with van der Waals surface area (Å²) < 4.78 is 11.3. The first-order valence-corrected chi connectivity index (χ1v) is 8.82. The third-order valence-electron chi connectivity index (χ3n) is 3.63. The van der Waals surface area contributed by atoms with Gasteiger partial charge in [-0.3, -0.25) is 10.1 Å². The van der Waals surface area contributed by atoms with E-state index >= 15 is 0 Å². The Labute approximate surface area is 161 Å². The molecule has 0 atom stereocenters. The molecule has 6 nitrogen and oxygen atoms in total. The Bertz CT molecular complexity index is 1000. The average Bonchev–Trinajstić information content (AvgIpc) is 3.02. The highest BCUT2D eigenvalue weighted by atomic mass is 32.1. The van der Waals surface area contributed by atoms with Gasteiger partial charge in [-0.15, -0.1) is 11.3 Å². The number of methoxy groups -OCH3 is 2. The van der Waals surface area contributed by atoms with Gasteiger partial charge >= 0.3 is 0 Å². The molecule has 0 bridgehead atoms. The zero-order valence-electron chi connectivity index (χ0n) is 15.3. The van der Waals surface area contributed by atoms with E-state index in [9.17, 15) is 10.1 Å². The van der Waals surface area contributed by atoms with E-state index < -0.39 is 4.92 Å². The first-order valence-electron chi connectivity index (χ1n) is 8.00. The van der Waals surface area contributed by atoms with Crippen LogP contribution < -0.4 is 9.88 Å². The number of nitrogens with zero attached hydrogens (tertiary/aromatic N) is 2. The van der Waals surface area contributed by atoms with Crippen LogP contribution in [0.15, 0.2) is 47.9 Å². The van der Waals surface area contributed by atoms with Crippen molar-refractivity contribution in [1.82, 2.24) is 4.98 Å². The number of non-ortho nitro benzene ring substituents is 1. The molecule has 0 fully saturated rings. The van der Waals surface area contributed by atoms with Gasteiger partial charge in [-0.05, 0) is 30.7 Å². The van der Waals surface area contributed by atoms with E-state index in [1.807, 2.05) is 31.2 Å². The Balaban J connectivity index is 2.14. The number of ether oxygens (including phenoxy) is 2. The standard InChI is InChI=1S/C20H20N2O4S/c1-14(25-3)19(26-4)13-18-15(2)27-20(21-18)8-6-5-7-16-9-11-17(12-10-16)22(23)24/h5-13H,2H2,1,3-4H3/b7-5+,8-6+,18-13+,19-14-. The summed E-state index contributed by atoms with van der Waals surface area (Å²) in [6.07, 6.45) is 9.24. The molecule has 27 heavy (non-hydrogen) atoms. The van der Waals surface area contributed by atoms with E-state index in [1.54, 1.807) is 32.4 Å². The number of rotatable bonds is 7. The minimum Gasteiger partial charge on any atom is -0.498 e. The van der Waals surface area contributed by atoms with Gasteiger partial charge in [-0.1, -0.05) is 24.8 Å². The van der Waals surface area contributed by atoms with Crippen molar-refractivity contribution in [1.29, 1.82) is 0 Å². The summed E-state index contributed by atoms with van der Waals surface area (Å²) in [4.78, 5) is 14.8. The van der Waals surface area contributed by atoms with Crippen LogP contribution in [0.2, 0.25) is 0 Å². The number of allylic oxidation sites excluding steroid dienone is 4. The van der Waals surface area contributed by atoms with E-state index in [2.05, 4.69) is 11.6 Å². The van der Waals surface area contributed by atoms with Crippen molar-refractivity contribution in [2.24, 2.45) is 0 Å². The molecule has 0 amide bonds. The maximum absolute atomic E-state index is 10.6. The highest BCUT2D eigenvalue weighted by Gasteiger charge is 2.02. The topological polar surface area (TPSA) is 74.5 Å². The second kappa shape index (κ2) is 9.49. The van der Waals surface area contributed by atoms with Crippen LogP contribution in [0.4, 0.5) is 5.69 Å². The number of aromatic nitrogens is 1. The summed E-state index contributed by atoms with van der Waals surface area (Å²) in [5, 5.41) is 12.2. The second-order valence-electron chi connectivity index (χ2n) is 5.40. The molecule has 2 aromatic rings. The Kier molecular flexibility index (Phi) is 7.08. The molecule has 1 aromatic heterocycles. The molecule has 2 rings (SSSR count). The van der Waals surface area contributed by atoms with Crippen LogP contribution >= 0.6 is 11.3 Å². The third-order valence-corrected chi connectivity index (χ3v) is 4.52. The van der Waals surface area contributed by atoms with Gasteiger partial charge in [0.1, 0.15) is 10.8 Å². The van der Waals surface area contributed by atoms with Crippen molar-refractivity contribution in [3.05, 3.63) is 78.5 Å². The molecule has 7 heteroatoms. The minimum atomic E-state index is -0.418. The van der Waals surface area contributed by atoms with Crippen LogP contribution in [0.1, 0.15) is 17.5 Å². The van der Waals surface area contributed by atoms with Crippen molar-refractivity contribution in [2.45, 2.75) is 6.92 Å². The lowest BCUT2D eigenvalue weighted by Crippen LogP contribution is -2.19. The lowest BCUT2D eigenvalue weighted by atomic mass is 10.2. The smallest absolute Gasteiger partial charge is 0.269 e. The molecule has 0 saturated heterocycles. The molecule has 0 spiro atoms. The van der Waals surface area contributed by atoms with Gasteiger partial charge in [0.25, 0.3) is 5.69 Å². The number of hydrogen-bond donors (Lipinski definition) is 0. The first kappa shape index (κ1) is 20.1. The lowest BCUT2D eigenvalue weighted by Gasteiger charge is -2.04. The highest BCUT2D eigenvalue weighted by Crippen LogP contribution is 2.13. The Morgan fingerprint density at radius 2 is 1.85 bits per heavy atom. The van der Waals surface area contributed by atoms with Crippen LogP contribution in [0.3, 0.4) is 0 Å². The molecular formula is C20H20N2O4S. The van der Waals surface area contributed by atoms with Crippen LogP contribution in [0.5, 0.6) is 0 Å². The Hall–Kier alpha value is -3.19. The van der Waals surface area contributed by atoms with Gasteiger partial charge in [0.05, 0.1) is 24.5 Å². The van der Waals surface area contributed by atoms with Crippen molar-refractivity contribution >= 4 is 41.8 Å².